The number of amides is 1. The van der Waals surface area contributed by atoms with Crippen LogP contribution in [0.25, 0.3) is 0 Å². The van der Waals surface area contributed by atoms with Crippen molar-refractivity contribution in [3.63, 3.8) is 0 Å². The molecule has 0 saturated heterocycles. The lowest BCUT2D eigenvalue weighted by molar-refractivity contribution is 0.0769. The van der Waals surface area contributed by atoms with Crippen molar-refractivity contribution in [3.8, 4) is 5.75 Å². The lowest BCUT2D eigenvalue weighted by atomic mass is 10.2. The fourth-order valence-electron chi connectivity index (χ4n) is 2.53. The van der Waals surface area contributed by atoms with Crippen molar-refractivity contribution in [1.82, 2.24) is 19.8 Å². The second-order valence-corrected chi connectivity index (χ2v) is 7.27. The van der Waals surface area contributed by atoms with E-state index in [1.807, 2.05) is 19.2 Å². The van der Waals surface area contributed by atoms with E-state index in [1.54, 1.807) is 41.9 Å². The van der Waals surface area contributed by atoms with Crippen LogP contribution in [0.3, 0.4) is 0 Å². The first kappa shape index (κ1) is 19.4. The molecule has 0 aliphatic heterocycles. The second kappa shape index (κ2) is 8.14. The van der Waals surface area contributed by atoms with Crippen molar-refractivity contribution in [2.24, 2.45) is 7.05 Å². The Labute approximate surface area is 170 Å². The topological polar surface area (TPSA) is 73.4 Å². The average Bonchev–Trinajstić information content (AvgIpc) is 3.17. The van der Waals surface area contributed by atoms with Crippen LogP contribution in [0.15, 0.2) is 39.5 Å². The van der Waals surface area contributed by atoms with Crippen LogP contribution < -0.4 is 4.74 Å². The predicted octanol–water partition coefficient (Wildman–Crippen LogP) is 3.98. The lowest BCUT2D eigenvalue weighted by Crippen LogP contribution is -2.28. The van der Waals surface area contributed by atoms with Gasteiger partial charge >= 0.3 is 0 Å². The van der Waals surface area contributed by atoms with Crippen LogP contribution in [0.2, 0.25) is 5.02 Å². The first-order chi connectivity index (χ1) is 12.9. The third kappa shape index (κ3) is 4.17. The van der Waals surface area contributed by atoms with E-state index < -0.39 is 0 Å². The number of carbonyl (C=O) groups excluding carboxylic acids is 1. The maximum Gasteiger partial charge on any atom is 0.276 e. The number of aromatic nitrogens is 3. The smallest absolute Gasteiger partial charge is 0.276 e. The van der Waals surface area contributed by atoms with E-state index in [-0.39, 0.29) is 18.2 Å². The minimum absolute atomic E-state index is 0.128. The van der Waals surface area contributed by atoms with Gasteiger partial charge in [0.15, 0.2) is 5.69 Å². The largest absolute Gasteiger partial charge is 0.487 e. The molecule has 7 nitrogen and oxygen atoms in total. The molecule has 2 aromatic heterocycles. The Morgan fingerprint density at radius 2 is 2.15 bits per heavy atom. The summed E-state index contributed by atoms with van der Waals surface area (Å²) in [7, 11) is 3.52. The van der Waals surface area contributed by atoms with E-state index in [4.69, 9.17) is 20.9 Å². The Hall–Kier alpha value is -2.32. The number of rotatable bonds is 6. The summed E-state index contributed by atoms with van der Waals surface area (Å²) >= 11 is 9.55. The number of hydrogen-bond donors (Lipinski definition) is 0. The van der Waals surface area contributed by atoms with Crippen LogP contribution in [0.5, 0.6) is 5.75 Å². The predicted molar refractivity (Wildman–Crippen MR) is 104 cm³/mol. The van der Waals surface area contributed by atoms with Gasteiger partial charge in [0.05, 0.1) is 33.5 Å². The number of carbonyl (C=O) groups is 1. The van der Waals surface area contributed by atoms with Gasteiger partial charge in [-0.3, -0.25) is 9.48 Å². The molecule has 142 valence electrons. The van der Waals surface area contributed by atoms with Crippen molar-refractivity contribution in [1.29, 1.82) is 0 Å². The monoisotopic (exact) mass is 452 g/mol. The van der Waals surface area contributed by atoms with E-state index >= 15 is 0 Å². The molecule has 9 heteroatoms. The number of hydrogen-bond acceptors (Lipinski definition) is 5. The highest BCUT2D eigenvalue weighted by Crippen LogP contribution is 2.26. The first-order valence-electron chi connectivity index (χ1n) is 8.12. The summed E-state index contributed by atoms with van der Waals surface area (Å²) in [6, 6.07) is 7.15. The molecule has 0 bridgehead atoms. The van der Waals surface area contributed by atoms with Crippen LogP contribution in [0, 0.1) is 6.92 Å². The molecule has 0 atom stereocenters. The first-order valence-corrected chi connectivity index (χ1v) is 9.30. The Kier molecular flexibility index (Phi) is 5.86. The van der Waals surface area contributed by atoms with E-state index in [2.05, 4.69) is 26.2 Å². The molecule has 0 spiro atoms. The quantitative estimate of drug-likeness (QED) is 0.564. The molecule has 3 aromatic rings. The fourth-order valence-corrected chi connectivity index (χ4v) is 3.20. The zero-order valence-corrected chi connectivity index (χ0v) is 17.4. The highest BCUT2D eigenvalue weighted by Gasteiger charge is 2.24. The van der Waals surface area contributed by atoms with Crippen LogP contribution in [-0.4, -0.2) is 32.8 Å². The van der Waals surface area contributed by atoms with Gasteiger partial charge in [-0.05, 0) is 35.0 Å². The number of nitrogens with zero attached hydrogens (tertiary/aromatic N) is 4. The highest BCUT2D eigenvalue weighted by molar-refractivity contribution is 9.10. The third-order valence-corrected chi connectivity index (χ3v) is 5.11. The molecule has 0 fully saturated rings. The molecular formula is C18H18BrClN4O3. The zero-order chi connectivity index (χ0) is 19.6. The molecule has 1 amide bonds. The minimum atomic E-state index is -0.266. The molecule has 0 N–H and O–H groups in total. The maximum absolute atomic E-state index is 12.9. The van der Waals surface area contributed by atoms with Gasteiger partial charge in [0.25, 0.3) is 5.91 Å². The van der Waals surface area contributed by atoms with Gasteiger partial charge in [0, 0.05) is 14.1 Å². The normalized spacial score (nSPS) is 10.9. The van der Waals surface area contributed by atoms with Crippen LogP contribution >= 0.6 is 27.5 Å². The van der Waals surface area contributed by atoms with Crippen molar-refractivity contribution in [2.75, 3.05) is 7.05 Å². The van der Waals surface area contributed by atoms with Gasteiger partial charge in [0.2, 0.25) is 0 Å². The van der Waals surface area contributed by atoms with Gasteiger partial charge in [0.1, 0.15) is 18.1 Å². The van der Waals surface area contributed by atoms with Gasteiger partial charge in [-0.1, -0.05) is 28.9 Å². The molecule has 2 heterocycles. The zero-order valence-electron chi connectivity index (χ0n) is 15.1. The van der Waals surface area contributed by atoms with E-state index in [9.17, 15) is 4.79 Å². The second-order valence-electron chi connectivity index (χ2n) is 6.01. The van der Waals surface area contributed by atoms with E-state index in [1.165, 1.54) is 0 Å². The van der Waals surface area contributed by atoms with E-state index in [0.717, 1.165) is 10.2 Å². The maximum atomic E-state index is 12.9. The van der Waals surface area contributed by atoms with Crippen molar-refractivity contribution >= 4 is 33.4 Å². The van der Waals surface area contributed by atoms with Crippen molar-refractivity contribution < 1.29 is 14.1 Å². The molecule has 0 aliphatic carbocycles. The third-order valence-electron chi connectivity index (χ3n) is 4.14. The molecule has 0 aliphatic rings. The number of para-hydroxylation sites is 1. The molecule has 0 unspecified atom stereocenters. The number of aryl methyl sites for hydroxylation is 2. The standard InChI is InChI=1S/C18H18BrClN4O3/c1-11-12(10-26-16-7-5-4-6-14(16)20)17(22-27-11)18(25)23(2)9-15-13(19)8-21-24(15)3/h4-8H,9-10H2,1-3H3. The average molecular weight is 454 g/mol. The number of ether oxygens (including phenoxy) is 1. The lowest BCUT2D eigenvalue weighted by Gasteiger charge is -2.17. The molecule has 0 saturated carbocycles. The molecular weight excluding hydrogens is 436 g/mol. The Bertz CT molecular complexity index is 950. The Balaban J connectivity index is 1.77. The highest BCUT2D eigenvalue weighted by atomic mass is 79.9. The summed E-state index contributed by atoms with van der Waals surface area (Å²) in [5.41, 5.74) is 1.69. The van der Waals surface area contributed by atoms with Gasteiger partial charge in [-0.15, -0.1) is 0 Å². The van der Waals surface area contributed by atoms with Gasteiger partial charge < -0.3 is 14.2 Å². The SMILES string of the molecule is Cc1onc(C(=O)N(C)Cc2c(Br)cnn2C)c1COc1ccccc1Cl. The minimum Gasteiger partial charge on any atom is -0.487 e. The molecule has 3 rings (SSSR count). The van der Waals surface area contributed by atoms with Gasteiger partial charge in [-0.2, -0.15) is 5.10 Å². The van der Waals surface area contributed by atoms with E-state index in [0.29, 0.717) is 28.6 Å². The Morgan fingerprint density at radius 1 is 1.41 bits per heavy atom. The fraction of sp³-hybridized carbons (Fsp3) is 0.278. The summed E-state index contributed by atoms with van der Waals surface area (Å²) in [6.07, 6.45) is 1.69. The van der Waals surface area contributed by atoms with Crippen LogP contribution in [-0.2, 0) is 20.2 Å². The molecule has 27 heavy (non-hydrogen) atoms. The van der Waals surface area contributed by atoms with Gasteiger partial charge in [-0.25, -0.2) is 0 Å². The summed E-state index contributed by atoms with van der Waals surface area (Å²) in [5, 5.41) is 8.59. The molecule has 1 aromatic carbocycles. The van der Waals surface area contributed by atoms with Crippen molar-refractivity contribution in [2.45, 2.75) is 20.1 Å². The number of halogens is 2. The summed E-state index contributed by atoms with van der Waals surface area (Å²) in [4.78, 5) is 14.4. The van der Waals surface area contributed by atoms with Crippen molar-refractivity contribution in [3.05, 3.63) is 62.7 Å². The summed E-state index contributed by atoms with van der Waals surface area (Å²) < 4.78 is 13.5. The molecule has 0 radical (unpaired) electrons. The van der Waals surface area contributed by atoms with Crippen LogP contribution in [0.1, 0.15) is 27.5 Å². The summed E-state index contributed by atoms with van der Waals surface area (Å²) in [6.45, 7) is 2.24. The van der Waals surface area contributed by atoms with Crippen LogP contribution in [0.4, 0.5) is 0 Å². The number of benzene rings is 1. The summed E-state index contributed by atoms with van der Waals surface area (Å²) in [5.74, 6) is 0.795. The Morgan fingerprint density at radius 3 is 2.81 bits per heavy atom.